The first-order valence-electron chi connectivity index (χ1n) is 8.59. The number of benzene rings is 1. The van der Waals surface area contributed by atoms with Crippen molar-refractivity contribution in [2.75, 3.05) is 10.6 Å². The summed E-state index contributed by atoms with van der Waals surface area (Å²) in [5.41, 5.74) is 1.23. The fourth-order valence-corrected chi connectivity index (χ4v) is 3.09. The van der Waals surface area contributed by atoms with Crippen LogP contribution in [0, 0.1) is 0 Å². The third-order valence-corrected chi connectivity index (χ3v) is 4.41. The minimum absolute atomic E-state index is 0.179. The molecule has 0 saturated heterocycles. The van der Waals surface area contributed by atoms with E-state index in [4.69, 9.17) is 0 Å². The summed E-state index contributed by atoms with van der Waals surface area (Å²) in [6.07, 6.45) is 9.32. The lowest BCUT2D eigenvalue weighted by atomic mass is 10.1. The Bertz CT molecular complexity index is 593. The minimum atomic E-state index is 0.179. The molecule has 1 atom stereocenters. The van der Waals surface area contributed by atoms with E-state index in [-0.39, 0.29) is 6.04 Å². The van der Waals surface area contributed by atoms with E-state index in [1.807, 2.05) is 18.2 Å². The predicted molar refractivity (Wildman–Crippen MR) is 93.4 cm³/mol. The summed E-state index contributed by atoms with van der Waals surface area (Å²) in [6, 6.07) is 11.0. The molecule has 23 heavy (non-hydrogen) atoms. The highest BCUT2D eigenvalue weighted by Crippen LogP contribution is 2.21. The van der Waals surface area contributed by atoms with Gasteiger partial charge in [-0.3, -0.25) is 0 Å². The smallest absolute Gasteiger partial charge is 0.244 e. The number of rotatable bonds is 5. The van der Waals surface area contributed by atoms with Crippen molar-refractivity contribution in [2.45, 2.75) is 57.5 Å². The van der Waals surface area contributed by atoms with Crippen LogP contribution in [0.15, 0.2) is 36.5 Å². The Hall–Kier alpha value is -2.17. The molecule has 2 aromatic rings. The number of aromatic nitrogens is 3. The van der Waals surface area contributed by atoms with Gasteiger partial charge in [0.05, 0.1) is 6.20 Å². The van der Waals surface area contributed by atoms with E-state index in [9.17, 15) is 0 Å². The molecule has 3 rings (SSSR count). The second kappa shape index (κ2) is 7.90. The first-order chi connectivity index (χ1) is 11.3. The fourth-order valence-electron chi connectivity index (χ4n) is 3.09. The minimum Gasteiger partial charge on any atom is -0.362 e. The standard InChI is InChI=1S/C18H25N5/c1-14(15-9-5-4-6-10-15)20-17-13-19-23-18(22-17)21-16-11-7-2-3-8-12-16/h4-6,9-10,13-14,16H,2-3,7-8,11-12H2,1H3,(H2,20,21,22,23). The van der Waals surface area contributed by atoms with Crippen LogP contribution in [0.5, 0.6) is 0 Å². The summed E-state index contributed by atoms with van der Waals surface area (Å²) in [5.74, 6) is 1.38. The van der Waals surface area contributed by atoms with Gasteiger partial charge >= 0.3 is 0 Å². The Morgan fingerprint density at radius 3 is 2.52 bits per heavy atom. The van der Waals surface area contributed by atoms with Crippen molar-refractivity contribution in [3.63, 3.8) is 0 Å². The number of nitrogens with zero attached hydrogens (tertiary/aromatic N) is 3. The van der Waals surface area contributed by atoms with Gasteiger partial charge in [-0.05, 0) is 25.3 Å². The van der Waals surface area contributed by atoms with Crippen LogP contribution in [-0.4, -0.2) is 21.2 Å². The SMILES string of the molecule is CC(Nc1cnnc(NC2CCCCCC2)n1)c1ccccc1. The van der Waals surface area contributed by atoms with Gasteiger partial charge in [0, 0.05) is 12.1 Å². The molecule has 1 aromatic heterocycles. The van der Waals surface area contributed by atoms with Crippen molar-refractivity contribution < 1.29 is 0 Å². The summed E-state index contributed by atoms with van der Waals surface area (Å²) in [4.78, 5) is 4.57. The molecule has 1 aliphatic rings. The van der Waals surface area contributed by atoms with Crippen LogP contribution in [0.1, 0.15) is 57.1 Å². The average Bonchev–Trinajstić information content (AvgIpc) is 2.85. The number of hydrogen-bond donors (Lipinski definition) is 2. The lowest BCUT2D eigenvalue weighted by Crippen LogP contribution is -2.20. The predicted octanol–water partition coefficient (Wildman–Crippen LogP) is 4.18. The second-order valence-electron chi connectivity index (χ2n) is 6.27. The summed E-state index contributed by atoms with van der Waals surface area (Å²) in [6.45, 7) is 2.12. The average molecular weight is 311 g/mol. The van der Waals surface area contributed by atoms with Crippen LogP contribution in [0.4, 0.5) is 11.8 Å². The number of nitrogens with one attached hydrogen (secondary N) is 2. The summed E-state index contributed by atoms with van der Waals surface area (Å²) >= 11 is 0. The molecule has 5 nitrogen and oxygen atoms in total. The van der Waals surface area contributed by atoms with Gasteiger partial charge in [-0.25, -0.2) is 0 Å². The molecule has 0 aliphatic heterocycles. The molecule has 0 amide bonds. The lowest BCUT2D eigenvalue weighted by Gasteiger charge is -2.17. The third kappa shape index (κ3) is 4.65. The molecule has 0 spiro atoms. The monoisotopic (exact) mass is 311 g/mol. The molecule has 0 bridgehead atoms. The molecule has 2 N–H and O–H groups in total. The molecule has 122 valence electrons. The fraction of sp³-hybridized carbons (Fsp3) is 0.500. The van der Waals surface area contributed by atoms with Gasteiger partial charge < -0.3 is 10.6 Å². The van der Waals surface area contributed by atoms with Crippen LogP contribution < -0.4 is 10.6 Å². The molecule has 1 aliphatic carbocycles. The van der Waals surface area contributed by atoms with Crippen molar-refractivity contribution in [2.24, 2.45) is 0 Å². The van der Waals surface area contributed by atoms with Crippen molar-refractivity contribution in [1.82, 2.24) is 15.2 Å². The maximum atomic E-state index is 4.57. The van der Waals surface area contributed by atoms with E-state index in [0.717, 1.165) is 5.82 Å². The highest BCUT2D eigenvalue weighted by molar-refractivity contribution is 5.40. The van der Waals surface area contributed by atoms with Crippen molar-refractivity contribution in [3.05, 3.63) is 42.1 Å². The van der Waals surface area contributed by atoms with E-state index in [1.54, 1.807) is 6.20 Å². The Kier molecular flexibility index (Phi) is 5.40. The summed E-state index contributed by atoms with van der Waals surface area (Å²) in [5, 5.41) is 15.1. The molecule has 0 radical (unpaired) electrons. The first kappa shape index (κ1) is 15.7. The Morgan fingerprint density at radius 1 is 1.04 bits per heavy atom. The largest absolute Gasteiger partial charge is 0.362 e. The van der Waals surface area contributed by atoms with Crippen LogP contribution in [0.25, 0.3) is 0 Å². The van der Waals surface area contributed by atoms with Crippen LogP contribution >= 0.6 is 0 Å². The van der Waals surface area contributed by atoms with E-state index < -0.39 is 0 Å². The third-order valence-electron chi connectivity index (χ3n) is 4.41. The zero-order chi connectivity index (χ0) is 15.9. The molecular weight excluding hydrogens is 286 g/mol. The lowest BCUT2D eigenvalue weighted by molar-refractivity contribution is 0.613. The Labute approximate surface area is 137 Å². The highest BCUT2D eigenvalue weighted by Gasteiger charge is 2.14. The van der Waals surface area contributed by atoms with Gasteiger partial charge in [0.1, 0.15) is 0 Å². The zero-order valence-electron chi connectivity index (χ0n) is 13.7. The molecular formula is C18H25N5. The van der Waals surface area contributed by atoms with Crippen molar-refractivity contribution >= 4 is 11.8 Å². The quantitative estimate of drug-likeness (QED) is 0.811. The molecule has 1 fully saturated rings. The van der Waals surface area contributed by atoms with Crippen molar-refractivity contribution in [3.8, 4) is 0 Å². The maximum absolute atomic E-state index is 4.57. The van der Waals surface area contributed by atoms with Gasteiger partial charge in [0.2, 0.25) is 5.95 Å². The van der Waals surface area contributed by atoms with Crippen LogP contribution in [-0.2, 0) is 0 Å². The van der Waals surface area contributed by atoms with Crippen LogP contribution in [0.2, 0.25) is 0 Å². The first-order valence-corrected chi connectivity index (χ1v) is 8.59. The van der Waals surface area contributed by atoms with Crippen molar-refractivity contribution in [1.29, 1.82) is 0 Å². The van der Waals surface area contributed by atoms with E-state index in [0.29, 0.717) is 12.0 Å². The van der Waals surface area contributed by atoms with Gasteiger partial charge in [-0.2, -0.15) is 10.1 Å². The highest BCUT2D eigenvalue weighted by atomic mass is 15.3. The molecule has 1 saturated carbocycles. The molecule has 1 aromatic carbocycles. The molecule has 1 unspecified atom stereocenters. The van der Waals surface area contributed by atoms with Crippen LogP contribution in [0.3, 0.4) is 0 Å². The topological polar surface area (TPSA) is 62.7 Å². The zero-order valence-corrected chi connectivity index (χ0v) is 13.7. The molecule has 5 heteroatoms. The van der Waals surface area contributed by atoms with Gasteiger partial charge in [0.25, 0.3) is 0 Å². The Balaban J connectivity index is 1.62. The summed E-state index contributed by atoms with van der Waals surface area (Å²) < 4.78 is 0. The normalized spacial score (nSPS) is 17.3. The van der Waals surface area contributed by atoms with E-state index >= 15 is 0 Å². The second-order valence-corrected chi connectivity index (χ2v) is 6.27. The number of hydrogen-bond acceptors (Lipinski definition) is 5. The number of anilines is 2. The van der Waals surface area contributed by atoms with Gasteiger partial charge in [0.15, 0.2) is 5.82 Å². The van der Waals surface area contributed by atoms with E-state index in [2.05, 4.69) is 44.9 Å². The maximum Gasteiger partial charge on any atom is 0.244 e. The van der Waals surface area contributed by atoms with Gasteiger partial charge in [-0.1, -0.05) is 56.0 Å². The van der Waals surface area contributed by atoms with Gasteiger partial charge in [-0.15, -0.1) is 5.10 Å². The molecule has 1 heterocycles. The summed E-state index contributed by atoms with van der Waals surface area (Å²) in [7, 11) is 0. The Morgan fingerprint density at radius 2 is 1.78 bits per heavy atom. The van der Waals surface area contributed by atoms with E-state index in [1.165, 1.54) is 44.1 Å².